The van der Waals surface area contributed by atoms with Gasteiger partial charge in [-0.2, -0.15) is 0 Å². The molecule has 23 heavy (non-hydrogen) atoms. The number of carboxylic acids is 1. The van der Waals surface area contributed by atoms with E-state index in [0.717, 1.165) is 32.1 Å². The Balaban J connectivity index is 3.57. The van der Waals surface area contributed by atoms with Gasteiger partial charge in [0.15, 0.2) is 0 Å². The maximum Gasteiger partial charge on any atom is 0.303 e. The van der Waals surface area contributed by atoms with Crippen molar-refractivity contribution in [2.24, 2.45) is 0 Å². The number of unbranched alkanes of at least 4 members (excludes halogenated alkanes) is 3. The molecular formula is C20H32O3. The van der Waals surface area contributed by atoms with E-state index in [2.05, 4.69) is 31.2 Å². The molecule has 0 aromatic carbocycles. The molecule has 0 aromatic heterocycles. The first-order valence-electron chi connectivity index (χ1n) is 8.70. The van der Waals surface area contributed by atoms with E-state index in [0.29, 0.717) is 6.42 Å². The van der Waals surface area contributed by atoms with Crippen LogP contribution in [0.3, 0.4) is 0 Å². The summed E-state index contributed by atoms with van der Waals surface area (Å²) < 4.78 is 0. The fourth-order valence-electron chi connectivity index (χ4n) is 1.98. The van der Waals surface area contributed by atoms with E-state index in [4.69, 9.17) is 5.11 Å². The maximum absolute atomic E-state index is 10.3. The Labute approximate surface area is 141 Å². The highest BCUT2D eigenvalue weighted by Gasteiger charge is 1.96. The van der Waals surface area contributed by atoms with Crippen molar-refractivity contribution in [1.29, 1.82) is 0 Å². The summed E-state index contributed by atoms with van der Waals surface area (Å²) in [5.41, 5.74) is 0. The summed E-state index contributed by atoms with van der Waals surface area (Å²) in [7, 11) is 0. The molecule has 0 bridgehead atoms. The highest BCUT2D eigenvalue weighted by Crippen LogP contribution is 2.04. The Hall–Kier alpha value is -1.61. The number of hydrogen-bond donors (Lipinski definition) is 2. The van der Waals surface area contributed by atoms with Gasteiger partial charge in [0, 0.05) is 6.42 Å². The summed E-state index contributed by atoms with van der Waals surface area (Å²) in [4.78, 5) is 10.3. The Bertz CT molecular complexity index is 392. The van der Waals surface area contributed by atoms with Crippen LogP contribution in [0.4, 0.5) is 0 Å². The van der Waals surface area contributed by atoms with Gasteiger partial charge in [-0.3, -0.25) is 4.79 Å². The first-order chi connectivity index (χ1) is 11.2. The van der Waals surface area contributed by atoms with Gasteiger partial charge in [-0.05, 0) is 32.1 Å². The summed E-state index contributed by atoms with van der Waals surface area (Å²) in [5.74, 6) is -0.729. The molecule has 0 aliphatic rings. The van der Waals surface area contributed by atoms with Gasteiger partial charge in [-0.1, -0.05) is 74.8 Å². The Kier molecular flexibility index (Phi) is 15.6. The van der Waals surface area contributed by atoms with Gasteiger partial charge in [0.25, 0.3) is 0 Å². The molecule has 1 atom stereocenters. The molecule has 3 nitrogen and oxygen atoms in total. The predicted molar refractivity (Wildman–Crippen MR) is 97.4 cm³/mol. The number of aliphatic hydroxyl groups excluding tert-OH is 1. The van der Waals surface area contributed by atoms with Crippen LogP contribution in [0, 0.1) is 0 Å². The van der Waals surface area contributed by atoms with Gasteiger partial charge in [0.2, 0.25) is 0 Å². The third kappa shape index (κ3) is 18.3. The lowest BCUT2D eigenvalue weighted by Crippen LogP contribution is -2.00. The molecule has 1 unspecified atom stereocenters. The number of carbonyl (C=O) groups is 1. The molecule has 0 aliphatic heterocycles. The third-order valence-corrected chi connectivity index (χ3v) is 3.32. The molecule has 0 aromatic rings. The zero-order valence-electron chi connectivity index (χ0n) is 14.4. The topological polar surface area (TPSA) is 57.5 Å². The minimum atomic E-state index is -0.729. The van der Waals surface area contributed by atoms with Crippen LogP contribution in [0.2, 0.25) is 0 Å². The number of carboxylic acid groups (broad SMARTS) is 1. The fourth-order valence-corrected chi connectivity index (χ4v) is 1.98. The lowest BCUT2D eigenvalue weighted by atomic mass is 10.1. The van der Waals surface area contributed by atoms with E-state index in [9.17, 15) is 9.90 Å². The van der Waals surface area contributed by atoms with Crippen LogP contribution in [0.25, 0.3) is 0 Å². The SMILES string of the molecule is CCCCCC(O)/C=C\C=C/C/C=C\C/C=C/CCCC(=O)O. The molecule has 3 heteroatoms. The fraction of sp³-hybridized carbons (Fsp3) is 0.550. The average molecular weight is 320 g/mol. The van der Waals surface area contributed by atoms with E-state index >= 15 is 0 Å². The average Bonchev–Trinajstić information content (AvgIpc) is 2.51. The van der Waals surface area contributed by atoms with Crippen LogP contribution in [-0.2, 0) is 4.79 Å². The van der Waals surface area contributed by atoms with Gasteiger partial charge in [-0.25, -0.2) is 0 Å². The van der Waals surface area contributed by atoms with Gasteiger partial charge < -0.3 is 10.2 Å². The Morgan fingerprint density at radius 2 is 1.65 bits per heavy atom. The second kappa shape index (κ2) is 16.8. The number of aliphatic carboxylic acids is 1. The molecule has 0 fully saturated rings. The van der Waals surface area contributed by atoms with Crippen molar-refractivity contribution in [1.82, 2.24) is 0 Å². The van der Waals surface area contributed by atoms with Crippen LogP contribution in [-0.4, -0.2) is 22.3 Å². The zero-order valence-corrected chi connectivity index (χ0v) is 14.4. The number of hydrogen-bond acceptors (Lipinski definition) is 2. The lowest BCUT2D eigenvalue weighted by molar-refractivity contribution is -0.137. The van der Waals surface area contributed by atoms with Crippen molar-refractivity contribution in [3.63, 3.8) is 0 Å². The normalized spacial score (nSPS) is 13.8. The van der Waals surface area contributed by atoms with Gasteiger partial charge in [0.05, 0.1) is 6.10 Å². The van der Waals surface area contributed by atoms with Gasteiger partial charge in [0.1, 0.15) is 0 Å². The predicted octanol–water partition coefficient (Wildman–Crippen LogP) is 5.19. The first kappa shape index (κ1) is 21.4. The van der Waals surface area contributed by atoms with Crippen LogP contribution < -0.4 is 0 Å². The smallest absolute Gasteiger partial charge is 0.303 e. The van der Waals surface area contributed by atoms with Crippen LogP contribution in [0.5, 0.6) is 0 Å². The van der Waals surface area contributed by atoms with Crippen molar-refractivity contribution in [3.05, 3.63) is 48.6 Å². The van der Waals surface area contributed by atoms with Crippen LogP contribution >= 0.6 is 0 Å². The van der Waals surface area contributed by atoms with Crippen molar-refractivity contribution < 1.29 is 15.0 Å². The maximum atomic E-state index is 10.3. The molecule has 130 valence electrons. The highest BCUT2D eigenvalue weighted by atomic mass is 16.4. The van der Waals surface area contributed by atoms with E-state index in [1.165, 1.54) is 12.8 Å². The van der Waals surface area contributed by atoms with Crippen molar-refractivity contribution in [2.75, 3.05) is 0 Å². The number of rotatable bonds is 14. The summed E-state index contributed by atoms with van der Waals surface area (Å²) in [6.45, 7) is 2.16. The van der Waals surface area contributed by atoms with Crippen molar-refractivity contribution >= 4 is 5.97 Å². The monoisotopic (exact) mass is 320 g/mol. The van der Waals surface area contributed by atoms with Crippen LogP contribution in [0.1, 0.15) is 64.7 Å². The van der Waals surface area contributed by atoms with Crippen LogP contribution in [0.15, 0.2) is 48.6 Å². The third-order valence-electron chi connectivity index (χ3n) is 3.32. The standard InChI is InChI=1S/C20H32O3/c1-2-3-13-16-19(21)17-14-11-9-7-5-4-6-8-10-12-15-18-20(22)23/h4-5,8-11,14,17,19,21H,2-3,6-7,12-13,15-16,18H2,1H3,(H,22,23)/b5-4-,10-8+,11-9-,17-14-. The molecule has 2 N–H and O–H groups in total. The molecule has 0 aliphatic carbocycles. The lowest BCUT2D eigenvalue weighted by Gasteiger charge is -2.02. The largest absolute Gasteiger partial charge is 0.481 e. The summed E-state index contributed by atoms with van der Waals surface area (Å²) in [5, 5.41) is 18.2. The summed E-state index contributed by atoms with van der Waals surface area (Å²) in [6.07, 6.45) is 23.6. The van der Waals surface area contributed by atoms with Crippen molar-refractivity contribution in [2.45, 2.75) is 70.8 Å². The molecule has 0 heterocycles. The second-order valence-corrected chi connectivity index (χ2v) is 5.58. The second-order valence-electron chi connectivity index (χ2n) is 5.58. The number of allylic oxidation sites excluding steroid dienone is 7. The van der Waals surface area contributed by atoms with E-state index in [-0.39, 0.29) is 12.5 Å². The minimum absolute atomic E-state index is 0.242. The minimum Gasteiger partial charge on any atom is -0.481 e. The van der Waals surface area contributed by atoms with Crippen molar-refractivity contribution in [3.8, 4) is 0 Å². The Morgan fingerprint density at radius 1 is 0.957 bits per heavy atom. The summed E-state index contributed by atoms with van der Waals surface area (Å²) in [6, 6.07) is 0. The number of aliphatic hydroxyl groups is 1. The van der Waals surface area contributed by atoms with Gasteiger partial charge in [-0.15, -0.1) is 0 Å². The van der Waals surface area contributed by atoms with E-state index < -0.39 is 5.97 Å². The van der Waals surface area contributed by atoms with E-state index in [1.54, 1.807) is 0 Å². The first-order valence-corrected chi connectivity index (χ1v) is 8.70. The van der Waals surface area contributed by atoms with Gasteiger partial charge >= 0.3 is 5.97 Å². The molecular weight excluding hydrogens is 288 g/mol. The zero-order chi connectivity index (χ0) is 17.2. The molecule has 0 saturated heterocycles. The quantitative estimate of drug-likeness (QED) is 0.263. The molecule has 0 spiro atoms. The molecule has 0 saturated carbocycles. The van der Waals surface area contributed by atoms with E-state index in [1.807, 2.05) is 24.3 Å². The summed E-state index contributed by atoms with van der Waals surface area (Å²) >= 11 is 0. The molecule has 0 rings (SSSR count). The Morgan fingerprint density at radius 3 is 2.35 bits per heavy atom. The molecule has 0 amide bonds. The highest BCUT2D eigenvalue weighted by molar-refractivity contribution is 5.66. The molecule has 0 radical (unpaired) electrons.